The number of furan rings is 1. The zero-order chi connectivity index (χ0) is 16.5. The zero-order valence-electron chi connectivity index (χ0n) is 13.2. The number of aliphatic hydroxyl groups excluding tert-OH is 1. The highest BCUT2D eigenvalue weighted by Crippen LogP contribution is 2.15. The molecule has 0 aliphatic heterocycles. The fourth-order valence-electron chi connectivity index (χ4n) is 2.15. The van der Waals surface area contributed by atoms with Crippen LogP contribution in [0, 0.1) is 0 Å². The van der Waals surface area contributed by atoms with Gasteiger partial charge in [-0.15, -0.1) is 0 Å². The molecule has 1 aromatic heterocycles. The van der Waals surface area contributed by atoms with Crippen LogP contribution in [0.2, 0.25) is 5.02 Å². The van der Waals surface area contributed by atoms with E-state index in [1.54, 1.807) is 37.6 Å². The van der Waals surface area contributed by atoms with Crippen LogP contribution in [0.1, 0.15) is 5.76 Å². The van der Waals surface area contributed by atoms with Gasteiger partial charge in [0.05, 0.1) is 19.4 Å². The fraction of sp³-hybridized carbons (Fsp3) is 0.412. The van der Waals surface area contributed by atoms with E-state index in [-0.39, 0.29) is 6.61 Å². The van der Waals surface area contributed by atoms with Gasteiger partial charge in [-0.2, -0.15) is 0 Å². The van der Waals surface area contributed by atoms with Crippen molar-refractivity contribution in [2.75, 3.05) is 33.4 Å². The summed E-state index contributed by atoms with van der Waals surface area (Å²) in [5, 5.41) is 10.9. The monoisotopic (exact) mass is 339 g/mol. The third-order valence-electron chi connectivity index (χ3n) is 3.30. The molecule has 0 spiro atoms. The lowest BCUT2D eigenvalue weighted by Crippen LogP contribution is -2.37. The van der Waals surface area contributed by atoms with Crippen LogP contribution in [-0.2, 0) is 11.3 Å². The molecule has 23 heavy (non-hydrogen) atoms. The van der Waals surface area contributed by atoms with Crippen LogP contribution in [0.15, 0.2) is 47.1 Å². The molecule has 1 unspecified atom stereocenters. The lowest BCUT2D eigenvalue weighted by molar-refractivity contribution is 0.0517. The van der Waals surface area contributed by atoms with Crippen LogP contribution < -0.4 is 4.74 Å². The van der Waals surface area contributed by atoms with E-state index in [2.05, 4.69) is 4.90 Å². The SMILES string of the molecule is COCCN(Cc1ccco1)CC(O)COc1ccc(Cl)cc1. The second-order valence-corrected chi connectivity index (χ2v) is 5.66. The quantitative estimate of drug-likeness (QED) is 0.721. The van der Waals surface area contributed by atoms with Crippen molar-refractivity contribution in [2.24, 2.45) is 0 Å². The Morgan fingerprint density at radius 1 is 1.26 bits per heavy atom. The summed E-state index contributed by atoms with van der Waals surface area (Å²) in [5.41, 5.74) is 0. The van der Waals surface area contributed by atoms with Gasteiger partial charge in [-0.05, 0) is 36.4 Å². The van der Waals surface area contributed by atoms with E-state index in [0.717, 1.165) is 5.76 Å². The third kappa shape index (κ3) is 6.62. The minimum atomic E-state index is -0.613. The number of hydrogen-bond donors (Lipinski definition) is 1. The summed E-state index contributed by atoms with van der Waals surface area (Å²) in [7, 11) is 1.66. The smallest absolute Gasteiger partial charge is 0.119 e. The van der Waals surface area contributed by atoms with Crippen LogP contribution in [0.5, 0.6) is 5.75 Å². The van der Waals surface area contributed by atoms with Gasteiger partial charge in [0.1, 0.15) is 24.2 Å². The molecule has 0 amide bonds. The predicted octanol–water partition coefficient (Wildman–Crippen LogP) is 2.82. The molecule has 0 bridgehead atoms. The standard InChI is InChI=1S/C17H22ClNO4/c1-21-10-8-19(12-17-3-2-9-22-17)11-15(20)13-23-16-6-4-14(18)5-7-16/h2-7,9,15,20H,8,10-13H2,1H3. The Hall–Kier alpha value is -1.53. The van der Waals surface area contributed by atoms with Crippen LogP contribution in [-0.4, -0.2) is 49.5 Å². The van der Waals surface area contributed by atoms with Gasteiger partial charge in [0.25, 0.3) is 0 Å². The highest BCUT2D eigenvalue weighted by molar-refractivity contribution is 6.30. The summed E-state index contributed by atoms with van der Waals surface area (Å²) in [6.45, 7) is 2.59. The van der Waals surface area contributed by atoms with Gasteiger partial charge in [-0.25, -0.2) is 0 Å². The summed E-state index contributed by atoms with van der Waals surface area (Å²) >= 11 is 5.83. The maximum absolute atomic E-state index is 10.2. The van der Waals surface area contributed by atoms with Crippen molar-refractivity contribution in [3.8, 4) is 5.75 Å². The molecule has 1 heterocycles. The summed E-state index contributed by atoms with van der Waals surface area (Å²) in [5.74, 6) is 1.54. The Balaban J connectivity index is 1.81. The number of benzene rings is 1. The number of methoxy groups -OCH3 is 1. The lowest BCUT2D eigenvalue weighted by atomic mass is 10.3. The van der Waals surface area contributed by atoms with E-state index in [1.807, 2.05) is 12.1 Å². The molecule has 0 saturated heterocycles. The van der Waals surface area contributed by atoms with E-state index in [4.69, 9.17) is 25.5 Å². The van der Waals surface area contributed by atoms with Crippen molar-refractivity contribution in [2.45, 2.75) is 12.6 Å². The number of nitrogens with zero attached hydrogens (tertiary/aromatic N) is 1. The number of hydrogen-bond acceptors (Lipinski definition) is 5. The second-order valence-electron chi connectivity index (χ2n) is 5.23. The van der Waals surface area contributed by atoms with Crippen LogP contribution in [0.3, 0.4) is 0 Å². The molecule has 126 valence electrons. The van der Waals surface area contributed by atoms with Crippen molar-refractivity contribution in [3.63, 3.8) is 0 Å². The Kier molecular flexibility index (Phi) is 7.42. The van der Waals surface area contributed by atoms with Gasteiger partial charge in [0.15, 0.2) is 0 Å². The number of halogens is 1. The van der Waals surface area contributed by atoms with E-state index in [9.17, 15) is 5.11 Å². The second kappa shape index (κ2) is 9.57. The molecule has 6 heteroatoms. The maximum atomic E-state index is 10.2. The summed E-state index contributed by atoms with van der Waals surface area (Å²) in [6, 6.07) is 10.8. The van der Waals surface area contributed by atoms with Crippen molar-refractivity contribution in [1.29, 1.82) is 0 Å². The topological polar surface area (TPSA) is 55.1 Å². The van der Waals surface area contributed by atoms with E-state index < -0.39 is 6.10 Å². The van der Waals surface area contributed by atoms with Crippen LogP contribution in [0.4, 0.5) is 0 Å². The minimum absolute atomic E-state index is 0.212. The average molecular weight is 340 g/mol. The highest BCUT2D eigenvalue weighted by atomic mass is 35.5. The zero-order valence-corrected chi connectivity index (χ0v) is 13.9. The maximum Gasteiger partial charge on any atom is 0.119 e. The number of rotatable bonds is 10. The van der Waals surface area contributed by atoms with Gasteiger partial charge in [-0.1, -0.05) is 11.6 Å². The summed E-state index contributed by atoms with van der Waals surface area (Å²) in [6.07, 6.45) is 1.03. The minimum Gasteiger partial charge on any atom is -0.491 e. The molecule has 1 aromatic carbocycles. The largest absolute Gasteiger partial charge is 0.491 e. The first kappa shape index (κ1) is 17.8. The molecule has 1 N–H and O–H groups in total. The molecule has 0 radical (unpaired) electrons. The van der Waals surface area contributed by atoms with E-state index in [0.29, 0.717) is 37.0 Å². The van der Waals surface area contributed by atoms with Gasteiger partial charge < -0.3 is 19.0 Å². The van der Waals surface area contributed by atoms with Crippen molar-refractivity contribution in [1.82, 2.24) is 4.90 Å². The molecule has 2 rings (SSSR count). The predicted molar refractivity (Wildman–Crippen MR) is 88.8 cm³/mol. The van der Waals surface area contributed by atoms with Gasteiger partial charge in [0.2, 0.25) is 0 Å². The highest BCUT2D eigenvalue weighted by Gasteiger charge is 2.14. The molecular weight excluding hydrogens is 318 g/mol. The molecule has 0 fully saturated rings. The fourth-order valence-corrected chi connectivity index (χ4v) is 2.28. The molecular formula is C17H22ClNO4. The van der Waals surface area contributed by atoms with Gasteiger partial charge >= 0.3 is 0 Å². The van der Waals surface area contributed by atoms with E-state index >= 15 is 0 Å². The van der Waals surface area contributed by atoms with Crippen LogP contribution in [0.25, 0.3) is 0 Å². The Morgan fingerprint density at radius 2 is 2.04 bits per heavy atom. The molecule has 0 aliphatic carbocycles. The first-order valence-corrected chi connectivity index (χ1v) is 7.85. The normalized spacial score (nSPS) is 12.5. The van der Waals surface area contributed by atoms with Crippen LogP contribution >= 0.6 is 11.6 Å². The molecule has 0 aliphatic rings. The molecule has 5 nitrogen and oxygen atoms in total. The third-order valence-corrected chi connectivity index (χ3v) is 3.55. The van der Waals surface area contributed by atoms with Crippen molar-refractivity contribution in [3.05, 3.63) is 53.4 Å². The first-order chi connectivity index (χ1) is 11.2. The van der Waals surface area contributed by atoms with E-state index in [1.165, 1.54) is 0 Å². The molecule has 2 aromatic rings. The van der Waals surface area contributed by atoms with Gasteiger partial charge in [0, 0.05) is 25.2 Å². The Labute approximate surface area is 141 Å². The summed E-state index contributed by atoms with van der Waals surface area (Å²) < 4.78 is 16.0. The Bertz CT molecular complexity index is 544. The molecule has 0 saturated carbocycles. The summed E-state index contributed by atoms with van der Waals surface area (Å²) in [4.78, 5) is 2.07. The average Bonchev–Trinajstić information content (AvgIpc) is 3.05. The van der Waals surface area contributed by atoms with Crippen molar-refractivity contribution < 1.29 is 19.0 Å². The first-order valence-electron chi connectivity index (χ1n) is 7.47. The lowest BCUT2D eigenvalue weighted by Gasteiger charge is -2.24. The molecule has 1 atom stereocenters. The number of ether oxygens (including phenoxy) is 2. The van der Waals surface area contributed by atoms with Crippen molar-refractivity contribution >= 4 is 11.6 Å². The number of aliphatic hydroxyl groups is 1. The van der Waals surface area contributed by atoms with Gasteiger partial charge in [-0.3, -0.25) is 4.90 Å². The Morgan fingerprint density at radius 3 is 2.70 bits per heavy atom.